The van der Waals surface area contributed by atoms with Crippen LogP contribution >= 0.6 is 0 Å². The third-order valence-corrected chi connectivity index (χ3v) is 5.34. The van der Waals surface area contributed by atoms with Gasteiger partial charge in [-0.15, -0.1) is 0 Å². The van der Waals surface area contributed by atoms with Gasteiger partial charge in [-0.05, 0) is 37.8 Å². The number of aromatic nitrogens is 1. The van der Waals surface area contributed by atoms with Crippen molar-refractivity contribution in [2.24, 2.45) is 11.8 Å². The van der Waals surface area contributed by atoms with E-state index in [0.29, 0.717) is 30.6 Å². The van der Waals surface area contributed by atoms with Gasteiger partial charge in [-0.3, -0.25) is 4.98 Å². The number of benzene rings is 1. The maximum atomic E-state index is 9.17. The van der Waals surface area contributed by atoms with E-state index in [0.717, 1.165) is 42.5 Å². The Hall–Kier alpha value is -2.52. The molecular weight excluding hydrogens is 342 g/mol. The Labute approximate surface area is 160 Å². The first-order valence-corrected chi connectivity index (χ1v) is 9.41. The van der Waals surface area contributed by atoms with Crippen molar-refractivity contribution < 1.29 is 14.2 Å². The Balaban J connectivity index is 1.87. The Morgan fingerprint density at radius 1 is 1.22 bits per heavy atom. The molecule has 1 aromatic carbocycles. The molecule has 1 aliphatic rings. The smallest absolute Gasteiger partial charge is 0.162 e. The first kappa shape index (κ1) is 19.2. The van der Waals surface area contributed by atoms with Gasteiger partial charge in [0.1, 0.15) is 6.61 Å². The van der Waals surface area contributed by atoms with E-state index in [1.54, 1.807) is 14.2 Å². The molecule has 0 bridgehead atoms. The molecule has 1 aromatic heterocycles. The van der Waals surface area contributed by atoms with E-state index in [4.69, 9.17) is 14.2 Å². The summed E-state index contributed by atoms with van der Waals surface area (Å²) in [4.78, 5) is 6.89. The lowest BCUT2D eigenvalue weighted by Crippen LogP contribution is -2.35. The van der Waals surface area contributed by atoms with Crippen molar-refractivity contribution in [3.05, 3.63) is 24.4 Å². The molecule has 1 aliphatic heterocycles. The highest BCUT2D eigenvalue weighted by Crippen LogP contribution is 2.37. The predicted molar refractivity (Wildman–Crippen MR) is 105 cm³/mol. The first-order valence-electron chi connectivity index (χ1n) is 9.41. The van der Waals surface area contributed by atoms with Gasteiger partial charge in [0, 0.05) is 49.5 Å². The topological polar surface area (TPSA) is 67.6 Å². The molecule has 1 atom stereocenters. The molecule has 1 saturated heterocycles. The molecule has 144 valence electrons. The summed E-state index contributed by atoms with van der Waals surface area (Å²) in [5.74, 6) is 1.97. The normalized spacial score (nSPS) is 16.1. The highest BCUT2D eigenvalue weighted by Gasteiger charge is 2.25. The third kappa shape index (κ3) is 4.25. The van der Waals surface area contributed by atoms with Crippen LogP contribution in [-0.4, -0.2) is 45.5 Å². The third-order valence-electron chi connectivity index (χ3n) is 5.34. The quantitative estimate of drug-likeness (QED) is 0.694. The SMILES string of the molecule is COCCOc1cc2c(N3CCC(C(C)C#N)CC3)ccnc2cc1OC. The molecule has 1 fully saturated rings. The molecule has 1 unspecified atom stereocenters. The maximum Gasteiger partial charge on any atom is 0.162 e. The minimum Gasteiger partial charge on any atom is -0.493 e. The van der Waals surface area contributed by atoms with Crippen LogP contribution in [0.3, 0.4) is 0 Å². The number of fused-ring (bicyclic) bond motifs is 1. The van der Waals surface area contributed by atoms with Gasteiger partial charge < -0.3 is 19.1 Å². The standard InChI is InChI=1S/C21H27N3O3/c1-15(14-22)16-5-8-24(9-6-16)19-4-7-23-18-13-20(26-3)21(12-17(18)19)27-11-10-25-2/h4,7,12-13,15-16H,5-6,8-11H2,1-3H3. The van der Waals surface area contributed by atoms with Crippen LogP contribution < -0.4 is 14.4 Å². The van der Waals surface area contributed by atoms with E-state index >= 15 is 0 Å². The summed E-state index contributed by atoms with van der Waals surface area (Å²) in [7, 11) is 3.29. The fourth-order valence-corrected chi connectivity index (χ4v) is 3.67. The van der Waals surface area contributed by atoms with E-state index in [-0.39, 0.29) is 5.92 Å². The zero-order valence-electron chi connectivity index (χ0n) is 16.3. The van der Waals surface area contributed by atoms with Crippen molar-refractivity contribution in [1.82, 2.24) is 4.98 Å². The molecule has 0 saturated carbocycles. The molecule has 0 amide bonds. The van der Waals surface area contributed by atoms with E-state index in [9.17, 15) is 5.26 Å². The number of nitriles is 1. The summed E-state index contributed by atoms with van der Waals surface area (Å²) in [5.41, 5.74) is 2.04. The number of pyridine rings is 1. The number of nitrogens with zero attached hydrogens (tertiary/aromatic N) is 3. The Morgan fingerprint density at radius 2 is 2.00 bits per heavy atom. The zero-order valence-corrected chi connectivity index (χ0v) is 16.3. The summed E-state index contributed by atoms with van der Waals surface area (Å²) in [5, 5.41) is 10.2. The van der Waals surface area contributed by atoms with Crippen LogP contribution in [0.5, 0.6) is 11.5 Å². The van der Waals surface area contributed by atoms with E-state index in [2.05, 4.69) is 22.0 Å². The van der Waals surface area contributed by atoms with Crippen LogP contribution in [0, 0.1) is 23.2 Å². The minimum atomic E-state index is 0.117. The minimum absolute atomic E-state index is 0.117. The molecule has 6 heteroatoms. The summed E-state index contributed by atoms with van der Waals surface area (Å²) >= 11 is 0. The van der Waals surface area contributed by atoms with Gasteiger partial charge in [-0.2, -0.15) is 5.26 Å². The number of rotatable bonds is 7. The second-order valence-corrected chi connectivity index (χ2v) is 6.93. The molecule has 0 spiro atoms. The largest absolute Gasteiger partial charge is 0.493 e. The van der Waals surface area contributed by atoms with Crippen molar-refractivity contribution in [1.29, 1.82) is 5.26 Å². The summed E-state index contributed by atoms with van der Waals surface area (Å²) in [6.45, 7) is 4.90. The van der Waals surface area contributed by atoms with Crippen LogP contribution in [0.25, 0.3) is 10.9 Å². The average Bonchev–Trinajstić information content (AvgIpc) is 2.72. The van der Waals surface area contributed by atoms with Gasteiger partial charge in [-0.25, -0.2) is 0 Å². The van der Waals surface area contributed by atoms with Crippen molar-refractivity contribution in [3.63, 3.8) is 0 Å². The number of ether oxygens (including phenoxy) is 3. The van der Waals surface area contributed by atoms with Gasteiger partial charge in [0.25, 0.3) is 0 Å². The van der Waals surface area contributed by atoms with Crippen molar-refractivity contribution in [3.8, 4) is 17.6 Å². The lowest BCUT2D eigenvalue weighted by atomic mass is 9.86. The summed E-state index contributed by atoms with van der Waals surface area (Å²) in [6, 6.07) is 8.38. The van der Waals surface area contributed by atoms with Gasteiger partial charge in [0.2, 0.25) is 0 Å². The van der Waals surface area contributed by atoms with Gasteiger partial charge >= 0.3 is 0 Å². The van der Waals surface area contributed by atoms with E-state index in [1.807, 2.05) is 25.3 Å². The molecule has 6 nitrogen and oxygen atoms in total. The zero-order chi connectivity index (χ0) is 19.2. The van der Waals surface area contributed by atoms with Gasteiger partial charge in [0.05, 0.1) is 25.3 Å². The number of anilines is 1. The average molecular weight is 369 g/mol. The highest BCUT2D eigenvalue weighted by atomic mass is 16.5. The molecular formula is C21H27N3O3. The van der Waals surface area contributed by atoms with Crippen LogP contribution in [0.2, 0.25) is 0 Å². The van der Waals surface area contributed by atoms with E-state index in [1.165, 1.54) is 0 Å². The van der Waals surface area contributed by atoms with E-state index < -0.39 is 0 Å². The summed E-state index contributed by atoms with van der Waals surface area (Å²) in [6.07, 6.45) is 3.91. The second kappa shape index (κ2) is 8.92. The Bertz CT molecular complexity index is 810. The van der Waals surface area contributed by atoms with Gasteiger partial charge in [-0.1, -0.05) is 0 Å². The van der Waals surface area contributed by atoms with Crippen molar-refractivity contribution in [2.45, 2.75) is 19.8 Å². The molecule has 0 N–H and O–H groups in total. The lowest BCUT2D eigenvalue weighted by molar-refractivity contribution is 0.144. The fraction of sp³-hybridized carbons (Fsp3) is 0.524. The molecule has 0 radical (unpaired) electrons. The molecule has 2 aromatic rings. The lowest BCUT2D eigenvalue weighted by Gasteiger charge is -2.35. The monoisotopic (exact) mass is 369 g/mol. The first-order chi connectivity index (χ1) is 13.2. The van der Waals surface area contributed by atoms with Crippen LogP contribution in [0.15, 0.2) is 24.4 Å². The predicted octanol–water partition coefficient (Wildman–Crippen LogP) is 3.64. The summed E-state index contributed by atoms with van der Waals surface area (Å²) < 4.78 is 16.4. The number of methoxy groups -OCH3 is 2. The van der Waals surface area contributed by atoms with Crippen LogP contribution in [-0.2, 0) is 4.74 Å². The molecule has 0 aliphatic carbocycles. The fourth-order valence-electron chi connectivity index (χ4n) is 3.67. The van der Waals surface area contributed by atoms with Crippen LogP contribution in [0.1, 0.15) is 19.8 Å². The highest BCUT2D eigenvalue weighted by molar-refractivity contribution is 5.94. The number of hydrogen-bond donors (Lipinski definition) is 0. The molecule has 27 heavy (non-hydrogen) atoms. The number of piperidine rings is 1. The second-order valence-electron chi connectivity index (χ2n) is 6.93. The molecule has 2 heterocycles. The Morgan fingerprint density at radius 3 is 2.67 bits per heavy atom. The Kier molecular flexibility index (Phi) is 6.36. The van der Waals surface area contributed by atoms with Crippen LogP contribution in [0.4, 0.5) is 5.69 Å². The number of hydrogen-bond acceptors (Lipinski definition) is 6. The van der Waals surface area contributed by atoms with Crippen molar-refractivity contribution in [2.75, 3.05) is 45.4 Å². The molecule has 3 rings (SSSR count). The maximum absolute atomic E-state index is 9.17. The van der Waals surface area contributed by atoms with Crippen molar-refractivity contribution >= 4 is 16.6 Å². The van der Waals surface area contributed by atoms with Gasteiger partial charge in [0.15, 0.2) is 11.5 Å².